The fourth-order valence-electron chi connectivity index (χ4n) is 0.148. The zero-order valence-electron chi connectivity index (χ0n) is 5.23. The van der Waals surface area contributed by atoms with Crippen molar-refractivity contribution in [1.29, 1.82) is 0 Å². The van der Waals surface area contributed by atoms with E-state index in [2.05, 4.69) is 9.92 Å². The van der Waals surface area contributed by atoms with E-state index >= 15 is 0 Å². The predicted octanol–water partition coefficient (Wildman–Crippen LogP) is -1.68. The highest BCUT2D eigenvalue weighted by molar-refractivity contribution is 7.81. The van der Waals surface area contributed by atoms with Gasteiger partial charge < -0.3 is 20.6 Å². The molecule has 10 heavy (non-hydrogen) atoms. The number of nitrogens with two attached hydrogens (primary N) is 1. The molecule has 0 unspecified atom stereocenters. The minimum Gasteiger partial charge on any atom is -0.716 e. The van der Waals surface area contributed by atoms with E-state index < -0.39 is 22.9 Å². The van der Waals surface area contributed by atoms with Crippen LogP contribution in [0.4, 0.5) is 0 Å². The van der Waals surface area contributed by atoms with Gasteiger partial charge in [0, 0.05) is 0 Å². The number of rotatable bonds is 2. The lowest BCUT2D eigenvalue weighted by atomic mass is 10.7. The van der Waals surface area contributed by atoms with Crippen LogP contribution < -0.4 is 11.9 Å². The van der Waals surface area contributed by atoms with Gasteiger partial charge in [0.1, 0.15) is 0 Å². The number of hydrogen-bond donors (Lipinski definition) is 2. The molecule has 62 valence electrons. The van der Waals surface area contributed by atoms with Gasteiger partial charge in [0.05, 0.1) is 6.54 Å². The molecule has 0 atom stereocenters. The maximum Gasteiger partial charge on any atom is 0.334 e. The van der Waals surface area contributed by atoms with Gasteiger partial charge in [-0.1, -0.05) is 0 Å². The van der Waals surface area contributed by atoms with E-state index in [-0.39, 0.29) is 6.15 Å². The first kappa shape index (κ1) is 12.0. The van der Waals surface area contributed by atoms with Gasteiger partial charge in [-0.3, -0.25) is 0 Å². The minimum absolute atomic E-state index is 0. The molecule has 0 aliphatic rings. The molecule has 0 aromatic carbocycles. The Bertz CT molecular complexity index is 196. The molecule has 0 aromatic rings. The Morgan fingerprint density at radius 3 is 2.10 bits per heavy atom. The SMILES string of the molecule is NCC(=O)OS(=O)(=O)[O-].[NH4+]. The fraction of sp³-hybridized carbons (Fsp3) is 0.500. The summed E-state index contributed by atoms with van der Waals surface area (Å²) in [5.41, 5.74) is 4.60. The molecule has 0 radical (unpaired) electrons. The Balaban J connectivity index is 0. The van der Waals surface area contributed by atoms with Gasteiger partial charge in [-0.25, -0.2) is 13.2 Å². The number of quaternary nitrogens is 1. The largest absolute Gasteiger partial charge is 0.716 e. The van der Waals surface area contributed by atoms with Crippen LogP contribution in [-0.2, 0) is 19.4 Å². The lowest BCUT2D eigenvalue weighted by Crippen LogP contribution is -2.20. The van der Waals surface area contributed by atoms with Gasteiger partial charge in [-0.2, -0.15) is 0 Å². The third-order valence-corrected chi connectivity index (χ3v) is 0.752. The van der Waals surface area contributed by atoms with E-state index in [1.807, 2.05) is 0 Å². The first-order valence-corrected chi connectivity index (χ1v) is 3.17. The zero-order valence-corrected chi connectivity index (χ0v) is 6.05. The second-order valence-corrected chi connectivity index (χ2v) is 2.05. The van der Waals surface area contributed by atoms with Crippen LogP contribution in [0.25, 0.3) is 0 Å². The second kappa shape index (κ2) is 4.17. The topological polar surface area (TPSA) is 146 Å². The van der Waals surface area contributed by atoms with E-state index in [0.29, 0.717) is 0 Å². The van der Waals surface area contributed by atoms with Gasteiger partial charge in [-0.15, -0.1) is 0 Å². The van der Waals surface area contributed by atoms with Crippen LogP contribution in [0.15, 0.2) is 0 Å². The van der Waals surface area contributed by atoms with Crippen molar-refractivity contribution < 1.29 is 21.9 Å². The molecule has 0 bridgehead atoms. The minimum atomic E-state index is -4.91. The van der Waals surface area contributed by atoms with Gasteiger partial charge in [0.25, 0.3) is 10.4 Å². The van der Waals surface area contributed by atoms with Crippen LogP contribution in [0.1, 0.15) is 0 Å². The molecule has 0 heterocycles. The van der Waals surface area contributed by atoms with Crippen LogP contribution in [0, 0.1) is 0 Å². The Kier molecular flexibility index (Phi) is 5.01. The molecule has 0 spiro atoms. The summed E-state index contributed by atoms with van der Waals surface area (Å²) in [6.07, 6.45) is 0. The normalized spacial score (nSPS) is 9.80. The van der Waals surface area contributed by atoms with Crippen LogP contribution >= 0.6 is 0 Å². The average molecular weight is 172 g/mol. The molecule has 0 aliphatic heterocycles. The van der Waals surface area contributed by atoms with Crippen molar-refractivity contribution in [1.82, 2.24) is 6.15 Å². The molecule has 7 nitrogen and oxygen atoms in total. The third kappa shape index (κ3) is 7.30. The van der Waals surface area contributed by atoms with Crippen molar-refractivity contribution in [3.63, 3.8) is 0 Å². The van der Waals surface area contributed by atoms with E-state index in [0.717, 1.165) is 0 Å². The summed E-state index contributed by atoms with van der Waals surface area (Å²) < 4.78 is 31.9. The summed E-state index contributed by atoms with van der Waals surface area (Å²) >= 11 is 0. The van der Waals surface area contributed by atoms with Crippen molar-refractivity contribution in [2.75, 3.05) is 6.54 Å². The van der Waals surface area contributed by atoms with Gasteiger partial charge >= 0.3 is 5.97 Å². The molecule has 8 heteroatoms. The van der Waals surface area contributed by atoms with Gasteiger partial charge in [-0.05, 0) is 0 Å². The first-order chi connectivity index (χ1) is 3.95. The third-order valence-electron chi connectivity index (χ3n) is 0.362. The van der Waals surface area contributed by atoms with Crippen molar-refractivity contribution >= 4 is 16.4 Å². The molecule has 0 saturated carbocycles. The lowest BCUT2D eigenvalue weighted by Gasteiger charge is -2.04. The maximum absolute atomic E-state index is 9.90. The molecule has 0 aromatic heterocycles. The Morgan fingerprint density at radius 1 is 1.60 bits per heavy atom. The summed E-state index contributed by atoms with van der Waals surface area (Å²) in [4.78, 5) is 9.90. The highest BCUT2D eigenvalue weighted by Gasteiger charge is 2.01. The molecular formula is C2H8N2O5S. The molecule has 0 aliphatic carbocycles. The van der Waals surface area contributed by atoms with Crippen LogP contribution in [-0.4, -0.2) is 25.5 Å². The van der Waals surface area contributed by atoms with Gasteiger partial charge in [0.2, 0.25) is 0 Å². The van der Waals surface area contributed by atoms with E-state index in [1.54, 1.807) is 0 Å². The van der Waals surface area contributed by atoms with Crippen molar-refractivity contribution in [2.45, 2.75) is 0 Å². The standard InChI is InChI=1S/C2H5NO5S.H3N/c3-1-2(4)8-9(5,6)7;/h1,3H2,(H,5,6,7);1H3. The van der Waals surface area contributed by atoms with E-state index in [4.69, 9.17) is 0 Å². The van der Waals surface area contributed by atoms with E-state index in [1.165, 1.54) is 0 Å². The number of hydrogen-bond acceptors (Lipinski definition) is 6. The van der Waals surface area contributed by atoms with Crippen LogP contribution in [0.5, 0.6) is 0 Å². The molecule has 0 fully saturated rings. The Morgan fingerprint density at radius 2 is 2.00 bits per heavy atom. The average Bonchev–Trinajstić information content (AvgIpc) is 1.62. The maximum atomic E-state index is 9.90. The summed E-state index contributed by atoms with van der Waals surface area (Å²) in [7, 11) is -4.91. The highest BCUT2D eigenvalue weighted by Crippen LogP contribution is 1.83. The monoisotopic (exact) mass is 172 g/mol. The molecular weight excluding hydrogens is 164 g/mol. The molecule has 6 N–H and O–H groups in total. The molecule has 0 saturated heterocycles. The fourth-order valence-corrected chi connectivity index (χ4v) is 0.444. The smallest absolute Gasteiger partial charge is 0.334 e. The van der Waals surface area contributed by atoms with Crippen LogP contribution in [0.3, 0.4) is 0 Å². The summed E-state index contributed by atoms with van der Waals surface area (Å²) in [5, 5.41) is 0. The Labute approximate surface area is 57.7 Å². The van der Waals surface area contributed by atoms with Crippen LogP contribution in [0.2, 0.25) is 0 Å². The highest BCUT2D eigenvalue weighted by atomic mass is 32.3. The Hall–Kier alpha value is -0.700. The summed E-state index contributed by atoms with van der Waals surface area (Å²) in [6, 6.07) is 0. The number of carbonyl (C=O) groups is 1. The van der Waals surface area contributed by atoms with E-state index in [9.17, 15) is 17.8 Å². The summed E-state index contributed by atoms with van der Waals surface area (Å²) in [6.45, 7) is -0.624. The lowest BCUT2D eigenvalue weighted by molar-refractivity contribution is -0.132. The second-order valence-electron chi connectivity index (χ2n) is 1.07. The van der Waals surface area contributed by atoms with Crippen molar-refractivity contribution in [2.24, 2.45) is 5.73 Å². The first-order valence-electron chi connectivity index (χ1n) is 1.84. The zero-order chi connectivity index (χ0) is 7.49. The van der Waals surface area contributed by atoms with Crippen molar-refractivity contribution in [3.8, 4) is 0 Å². The quantitative estimate of drug-likeness (QED) is 0.375. The molecule has 0 rings (SSSR count). The predicted molar refractivity (Wildman–Crippen MR) is 30.8 cm³/mol. The number of carbonyl (C=O) groups excluding carboxylic acids is 1. The molecule has 0 amide bonds. The summed E-state index contributed by atoms with van der Waals surface area (Å²) in [5.74, 6) is -1.26. The van der Waals surface area contributed by atoms with Crippen molar-refractivity contribution in [3.05, 3.63) is 0 Å². The van der Waals surface area contributed by atoms with Gasteiger partial charge in [0.15, 0.2) is 0 Å².